The Balaban J connectivity index is 2.09. The van der Waals surface area contributed by atoms with Gasteiger partial charge in [0.05, 0.1) is 15.6 Å². The number of thiophene rings is 1. The van der Waals surface area contributed by atoms with Gasteiger partial charge in [0.2, 0.25) is 0 Å². The lowest BCUT2D eigenvalue weighted by Gasteiger charge is -2.14. The quantitative estimate of drug-likeness (QED) is 0.799. The van der Waals surface area contributed by atoms with Gasteiger partial charge >= 0.3 is 5.97 Å². The summed E-state index contributed by atoms with van der Waals surface area (Å²) in [4.78, 5) is 28.9. The Morgan fingerprint density at radius 2 is 2.04 bits per heavy atom. The summed E-state index contributed by atoms with van der Waals surface area (Å²) in [7, 11) is 0. The first-order chi connectivity index (χ1) is 11.0. The molecule has 3 rings (SSSR count). The first kappa shape index (κ1) is 15.6. The van der Waals surface area contributed by atoms with Crippen LogP contribution in [0.25, 0.3) is 10.6 Å². The topological polar surface area (TPSA) is 93.6 Å². The van der Waals surface area contributed by atoms with Crippen LogP contribution in [0.15, 0.2) is 16.9 Å². The van der Waals surface area contributed by atoms with Crippen LogP contribution in [0.1, 0.15) is 35.7 Å². The van der Waals surface area contributed by atoms with E-state index >= 15 is 0 Å². The fourth-order valence-electron chi connectivity index (χ4n) is 2.95. The SMILES string of the molecule is CCc1c(-c2ccc(N3CCCC3)s2)[nH]c(=O)c(C(=O)O)c1O. The number of aromatic amines is 1. The molecular weight excluding hydrogens is 316 g/mol. The lowest BCUT2D eigenvalue weighted by Crippen LogP contribution is -2.19. The van der Waals surface area contributed by atoms with Gasteiger partial charge in [-0.1, -0.05) is 6.92 Å². The van der Waals surface area contributed by atoms with Crippen LogP contribution in [0.4, 0.5) is 5.00 Å². The molecule has 0 saturated carbocycles. The number of aromatic nitrogens is 1. The molecule has 122 valence electrons. The predicted molar refractivity (Wildman–Crippen MR) is 89.8 cm³/mol. The number of nitrogens with zero attached hydrogens (tertiary/aromatic N) is 1. The minimum Gasteiger partial charge on any atom is -0.506 e. The Hall–Kier alpha value is -2.28. The van der Waals surface area contributed by atoms with Crippen LogP contribution in [-0.2, 0) is 6.42 Å². The number of carboxylic acids is 1. The smallest absolute Gasteiger partial charge is 0.345 e. The number of carboxylic acid groups (broad SMARTS) is 1. The number of rotatable bonds is 4. The minimum atomic E-state index is -1.42. The second-order valence-corrected chi connectivity index (χ2v) is 6.58. The zero-order valence-corrected chi connectivity index (χ0v) is 13.6. The highest BCUT2D eigenvalue weighted by atomic mass is 32.1. The lowest BCUT2D eigenvalue weighted by molar-refractivity contribution is 0.0691. The third kappa shape index (κ3) is 2.72. The third-order valence-electron chi connectivity index (χ3n) is 4.11. The van der Waals surface area contributed by atoms with E-state index in [0.717, 1.165) is 23.0 Å². The van der Waals surface area contributed by atoms with Crippen molar-refractivity contribution in [3.05, 3.63) is 33.6 Å². The van der Waals surface area contributed by atoms with Crippen LogP contribution in [0.5, 0.6) is 5.75 Å². The fraction of sp³-hybridized carbons (Fsp3) is 0.375. The number of hydrogen-bond donors (Lipinski definition) is 3. The summed E-state index contributed by atoms with van der Waals surface area (Å²) in [6.45, 7) is 3.87. The van der Waals surface area contributed by atoms with E-state index in [4.69, 9.17) is 5.11 Å². The molecule has 3 N–H and O–H groups in total. The van der Waals surface area contributed by atoms with Crippen molar-refractivity contribution in [3.63, 3.8) is 0 Å². The molecule has 1 aliphatic heterocycles. The maximum Gasteiger partial charge on any atom is 0.345 e. The van der Waals surface area contributed by atoms with Crippen molar-refractivity contribution in [2.75, 3.05) is 18.0 Å². The van der Waals surface area contributed by atoms with Gasteiger partial charge in [0.1, 0.15) is 5.75 Å². The number of nitrogens with one attached hydrogen (secondary N) is 1. The summed E-state index contributed by atoms with van der Waals surface area (Å²) in [6.07, 6.45) is 2.78. The Morgan fingerprint density at radius 1 is 1.35 bits per heavy atom. The Kier molecular flexibility index (Phi) is 4.12. The van der Waals surface area contributed by atoms with Crippen LogP contribution in [0, 0.1) is 0 Å². The van der Waals surface area contributed by atoms with E-state index in [1.807, 2.05) is 19.1 Å². The van der Waals surface area contributed by atoms with Crippen LogP contribution in [-0.4, -0.2) is 34.3 Å². The van der Waals surface area contributed by atoms with Gasteiger partial charge in [0.15, 0.2) is 5.56 Å². The molecule has 23 heavy (non-hydrogen) atoms. The van der Waals surface area contributed by atoms with Crippen molar-refractivity contribution < 1.29 is 15.0 Å². The molecule has 3 heterocycles. The highest BCUT2D eigenvalue weighted by Gasteiger charge is 2.23. The van der Waals surface area contributed by atoms with Crippen molar-refractivity contribution in [1.82, 2.24) is 4.98 Å². The molecule has 2 aromatic heterocycles. The molecule has 2 aromatic rings. The first-order valence-electron chi connectivity index (χ1n) is 7.59. The second-order valence-electron chi connectivity index (χ2n) is 5.52. The van der Waals surface area contributed by atoms with E-state index in [0.29, 0.717) is 17.7 Å². The Morgan fingerprint density at radius 3 is 2.65 bits per heavy atom. The van der Waals surface area contributed by atoms with Crippen LogP contribution < -0.4 is 10.5 Å². The summed E-state index contributed by atoms with van der Waals surface area (Å²) < 4.78 is 0. The maximum absolute atomic E-state index is 12.0. The molecule has 7 heteroatoms. The van der Waals surface area contributed by atoms with Gasteiger partial charge in [-0.25, -0.2) is 4.79 Å². The van der Waals surface area contributed by atoms with Gasteiger partial charge in [-0.15, -0.1) is 11.3 Å². The largest absolute Gasteiger partial charge is 0.506 e. The highest BCUT2D eigenvalue weighted by Crippen LogP contribution is 2.37. The summed E-state index contributed by atoms with van der Waals surface area (Å²) in [5.41, 5.74) is -0.410. The van der Waals surface area contributed by atoms with E-state index < -0.39 is 22.8 Å². The van der Waals surface area contributed by atoms with E-state index in [2.05, 4.69) is 9.88 Å². The average Bonchev–Trinajstić information content (AvgIpc) is 3.17. The lowest BCUT2D eigenvalue weighted by atomic mass is 10.0. The van der Waals surface area contributed by atoms with Gasteiger partial charge in [-0.3, -0.25) is 4.79 Å². The molecule has 0 amide bonds. The number of aromatic carboxylic acids is 1. The van der Waals surface area contributed by atoms with Crippen molar-refractivity contribution in [2.24, 2.45) is 0 Å². The molecule has 0 aliphatic carbocycles. The Labute approximate surface area is 137 Å². The van der Waals surface area contributed by atoms with Crippen LogP contribution in [0.2, 0.25) is 0 Å². The number of hydrogen-bond acceptors (Lipinski definition) is 5. The Bertz CT molecular complexity index is 803. The first-order valence-corrected chi connectivity index (χ1v) is 8.41. The average molecular weight is 334 g/mol. The third-order valence-corrected chi connectivity index (χ3v) is 5.28. The predicted octanol–water partition coefficient (Wildman–Crippen LogP) is 2.67. The van der Waals surface area contributed by atoms with Gasteiger partial charge in [-0.2, -0.15) is 0 Å². The normalized spacial score (nSPS) is 14.4. The number of anilines is 1. The van der Waals surface area contributed by atoms with E-state index in [1.54, 1.807) is 11.3 Å². The molecule has 1 aliphatic rings. The van der Waals surface area contributed by atoms with Crippen molar-refractivity contribution >= 4 is 22.3 Å². The van der Waals surface area contributed by atoms with Gasteiger partial charge in [-0.05, 0) is 31.4 Å². The second kappa shape index (κ2) is 6.08. The van der Waals surface area contributed by atoms with Crippen molar-refractivity contribution in [3.8, 4) is 16.3 Å². The van der Waals surface area contributed by atoms with Gasteiger partial charge < -0.3 is 20.1 Å². The molecule has 0 radical (unpaired) electrons. The zero-order valence-electron chi connectivity index (χ0n) is 12.8. The maximum atomic E-state index is 12.0. The number of H-pyrrole nitrogens is 1. The molecule has 0 spiro atoms. The van der Waals surface area contributed by atoms with Crippen molar-refractivity contribution in [2.45, 2.75) is 26.2 Å². The molecular formula is C16H18N2O4S. The highest BCUT2D eigenvalue weighted by molar-refractivity contribution is 7.19. The van der Waals surface area contributed by atoms with Crippen molar-refractivity contribution in [1.29, 1.82) is 0 Å². The van der Waals surface area contributed by atoms with E-state index in [1.165, 1.54) is 12.8 Å². The fourth-order valence-corrected chi connectivity index (χ4v) is 4.04. The number of carbonyl (C=O) groups is 1. The van der Waals surface area contributed by atoms with E-state index in [-0.39, 0.29) is 0 Å². The zero-order chi connectivity index (χ0) is 16.6. The summed E-state index contributed by atoms with van der Waals surface area (Å²) in [5, 5.41) is 20.4. The van der Waals surface area contributed by atoms with E-state index in [9.17, 15) is 14.7 Å². The molecule has 0 unspecified atom stereocenters. The standard InChI is InChI=1S/C16H18N2O4S/c1-2-9-13(17-15(20)12(14(9)19)16(21)22)10-5-6-11(23-10)18-7-3-4-8-18/h5-6H,2-4,7-8H2,1H3,(H,21,22)(H2,17,19,20). The molecule has 1 fully saturated rings. The van der Waals surface area contributed by atoms with Gasteiger partial charge in [0.25, 0.3) is 5.56 Å². The van der Waals surface area contributed by atoms with Gasteiger partial charge in [0, 0.05) is 18.7 Å². The van der Waals surface area contributed by atoms with Crippen LogP contribution in [0.3, 0.4) is 0 Å². The molecule has 6 nitrogen and oxygen atoms in total. The molecule has 0 bridgehead atoms. The summed E-state index contributed by atoms with van der Waals surface area (Å²) in [5.74, 6) is -1.86. The monoisotopic (exact) mass is 334 g/mol. The molecule has 1 saturated heterocycles. The number of aromatic hydroxyl groups is 1. The molecule has 0 atom stereocenters. The summed E-state index contributed by atoms with van der Waals surface area (Å²) >= 11 is 1.54. The summed E-state index contributed by atoms with van der Waals surface area (Å²) in [6, 6.07) is 3.91. The molecule has 0 aromatic carbocycles. The van der Waals surface area contributed by atoms with Crippen LogP contribution >= 0.6 is 11.3 Å². The number of pyridine rings is 1. The minimum absolute atomic E-state index is 0.426.